The maximum atomic E-state index is 4.51. The molecule has 1 aromatic rings. The first-order valence-corrected chi connectivity index (χ1v) is 4.64. The summed E-state index contributed by atoms with van der Waals surface area (Å²) in [7, 11) is 0. The van der Waals surface area contributed by atoms with E-state index in [1.165, 1.54) is 24.2 Å². The molecule has 2 aliphatic heterocycles. The largest absolute Gasteiger partial charge is 0.346 e. The minimum absolute atomic E-state index is 0.545. The molecule has 0 saturated carbocycles. The molecule has 2 N–H and O–H groups in total. The van der Waals surface area contributed by atoms with Gasteiger partial charge in [0.05, 0.1) is 11.7 Å². The first kappa shape index (κ1) is 6.66. The number of nitrogens with zero attached hydrogens (tertiary/aromatic N) is 1. The Balaban J connectivity index is 2.11. The predicted octanol–water partition coefficient (Wildman–Crippen LogP) is 1.07. The van der Waals surface area contributed by atoms with E-state index in [1.807, 2.05) is 6.92 Å². The fourth-order valence-corrected chi connectivity index (χ4v) is 2.44. The highest BCUT2D eigenvalue weighted by Crippen LogP contribution is 2.34. The zero-order valence-corrected chi connectivity index (χ0v) is 7.22. The summed E-state index contributed by atoms with van der Waals surface area (Å²) >= 11 is 0. The van der Waals surface area contributed by atoms with Crippen molar-refractivity contribution in [3.8, 4) is 0 Å². The van der Waals surface area contributed by atoms with Crippen LogP contribution in [0.15, 0.2) is 0 Å². The molecule has 64 valence electrons. The van der Waals surface area contributed by atoms with Crippen molar-refractivity contribution < 1.29 is 0 Å². The van der Waals surface area contributed by atoms with Crippen LogP contribution in [0, 0.1) is 6.92 Å². The Morgan fingerprint density at radius 1 is 1.42 bits per heavy atom. The molecule has 0 aromatic carbocycles. The first-order valence-electron chi connectivity index (χ1n) is 4.64. The average Bonchev–Trinajstić information content (AvgIpc) is 2.57. The fraction of sp³-hybridized carbons (Fsp3) is 0.667. The van der Waals surface area contributed by atoms with Crippen molar-refractivity contribution in [3.05, 3.63) is 17.2 Å². The molecule has 2 unspecified atom stereocenters. The number of aryl methyl sites for hydroxylation is 1. The van der Waals surface area contributed by atoms with E-state index in [9.17, 15) is 0 Å². The lowest BCUT2D eigenvalue weighted by atomic mass is 10.1. The third-order valence-corrected chi connectivity index (χ3v) is 2.95. The lowest BCUT2D eigenvalue weighted by molar-refractivity contribution is 0.504. The monoisotopic (exact) mass is 163 g/mol. The van der Waals surface area contributed by atoms with E-state index in [2.05, 4.69) is 15.3 Å². The molecule has 2 aliphatic rings. The van der Waals surface area contributed by atoms with Gasteiger partial charge in [-0.1, -0.05) is 0 Å². The predicted molar refractivity (Wildman–Crippen MR) is 45.9 cm³/mol. The molecule has 3 nitrogen and oxygen atoms in total. The lowest BCUT2D eigenvalue weighted by Gasteiger charge is -2.19. The van der Waals surface area contributed by atoms with Crippen molar-refractivity contribution in [3.63, 3.8) is 0 Å². The van der Waals surface area contributed by atoms with E-state index >= 15 is 0 Å². The van der Waals surface area contributed by atoms with E-state index < -0.39 is 0 Å². The van der Waals surface area contributed by atoms with Gasteiger partial charge in [-0.2, -0.15) is 0 Å². The molecule has 0 radical (unpaired) electrons. The normalized spacial score (nSPS) is 32.1. The standard InChI is InChI=1S/C9H13N3/c1-5-10-8-4-6-2-3-7(12-6)9(8)11-5/h6-7,12H,2-4H2,1H3,(H,10,11). The highest BCUT2D eigenvalue weighted by Gasteiger charge is 2.34. The number of imidazole rings is 1. The molecule has 0 aliphatic carbocycles. The number of nitrogens with one attached hydrogen (secondary N) is 2. The molecular formula is C9H13N3. The Morgan fingerprint density at radius 3 is 3.25 bits per heavy atom. The minimum Gasteiger partial charge on any atom is -0.346 e. The number of hydrogen-bond acceptors (Lipinski definition) is 2. The highest BCUT2D eigenvalue weighted by atomic mass is 15.1. The van der Waals surface area contributed by atoms with Crippen LogP contribution in [0.3, 0.4) is 0 Å². The third kappa shape index (κ3) is 0.771. The van der Waals surface area contributed by atoms with Crippen molar-refractivity contribution in [1.82, 2.24) is 15.3 Å². The number of H-pyrrole nitrogens is 1. The van der Waals surface area contributed by atoms with E-state index in [0.717, 1.165) is 12.2 Å². The quantitative estimate of drug-likeness (QED) is 0.600. The molecule has 12 heavy (non-hydrogen) atoms. The van der Waals surface area contributed by atoms with Gasteiger partial charge in [0, 0.05) is 18.2 Å². The summed E-state index contributed by atoms with van der Waals surface area (Å²) in [6, 6.07) is 1.26. The van der Waals surface area contributed by atoms with Crippen molar-refractivity contribution in [1.29, 1.82) is 0 Å². The van der Waals surface area contributed by atoms with Gasteiger partial charge >= 0.3 is 0 Å². The molecule has 0 spiro atoms. The Bertz CT molecular complexity index is 316. The Hall–Kier alpha value is -0.830. The molecule has 1 fully saturated rings. The average molecular weight is 163 g/mol. The topological polar surface area (TPSA) is 40.7 Å². The molecule has 1 saturated heterocycles. The summed E-state index contributed by atoms with van der Waals surface area (Å²) in [4.78, 5) is 7.86. The Kier molecular flexibility index (Phi) is 1.17. The SMILES string of the molecule is Cc1nc2c([nH]1)CC1CCC2N1. The van der Waals surface area contributed by atoms with E-state index in [-0.39, 0.29) is 0 Å². The van der Waals surface area contributed by atoms with Crippen LogP contribution in [0.4, 0.5) is 0 Å². The van der Waals surface area contributed by atoms with Gasteiger partial charge in [-0.3, -0.25) is 0 Å². The minimum atomic E-state index is 0.545. The van der Waals surface area contributed by atoms with Gasteiger partial charge in [0.25, 0.3) is 0 Å². The van der Waals surface area contributed by atoms with E-state index in [4.69, 9.17) is 0 Å². The summed E-state index contributed by atoms with van der Waals surface area (Å²) in [5.74, 6) is 1.06. The molecule has 2 bridgehead atoms. The van der Waals surface area contributed by atoms with Crippen LogP contribution in [0.2, 0.25) is 0 Å². The first-order chi connectivity index (χ1) is 5.83. The fourth-order valence-electron chi connectivity index (χ4n) is 2.44. The second-order valence-electron chi connectivity index (χ2n) is 3.88. The highest BCUT2D eigenvalue weighted by molar-refractivity contribution is 5.25. The summed E-state index contributed by atoms with van der Waals surface area (Å²) < 4.78 is 0. The van der Waals surface area contributed by atoms with Gasteiger partial charge < -0.3 is 10.3 Å². The second-order valence-corrected chi connectivity index (χ2v) is 3.88. The van der Waals surface area contributed by atoms with Crippen LogP contribution in [0.5, 0.6) is 0 Å². The molecule has 2 atom stereocenters. The smallest absolute Gasteiger partial charge is 0.103 e. The maximum Gasteiger partial charge on any atom is 0.103 e. The van der Waals surface area contributed by atoms with Crippen LogP contribution in [0.1, 0.15) is 36.1 Å². The zero-order chi connectivity index (χ0) is 8.13. The number of aromatic amines is 1. The van der Waals surface area contributed by atoms with Crippen LogP contribution in [0.25, 0.3) is 0 Å². The Labute approximate surface area is 71.6 Å². The Morgan fingerprint density at radius 2 is 2.33 bits per heavy atom. The molecule has 0 amide bonds. The summed E-state index contributed by atoms with van der Waals surface area (Å²) in [6.45, 7) is 2.03. The lowest BCUT2D eigenvalue weighted by Crippen LogP contribution is -2.31. The third-order valence-electron chi connectivity index (χ3n) is 2.95. The summed E-state index contributed by atoms with van der Waals surface area (Å²) in [5, 5.41) is 3.58. The van der Waals surface area contributed by atoms with Gasteiger partial charge in [-0.15, -0.1) is 0 Å². The van der Waals surface area contributed by atoms with Crippen molar-refractivity contribution >= 4 is 0 Å². The van der Waals surface area contributed by atoms with Crippen molar-refractivity contribution in [2.75, 3.05) is 0 Å². The van der Waals surface area contributed by atoms with Gasteiger partial charge in [0.1, 0.15) is 5.82 Å². The second kappa shape index (κ2) is 2.10. The van der Waals surface area contributed by atoms with Crippen LogP contribution >= 0.6 is 0 Å². The van der Waals surface area contributed by atoms with Gasteiger partial charge in [-0.05, 0) is 19.8 Å². The van der Waals surface area contributed by atoms with E-state index in [0.29, 0.717) is 12.1 Å². The van der Waals surface area contributed by atoms with Crippen LogP contribution in [-0.4, -0.2) is 16.0 Å². The van der Waals surface area contributed by atoms with Gasteiger partial charge in [0.2, 0.25) is 0 Å². The summed E-state index contributed by atoms with van der Waals surface area (Å²) in [6.07, 6.45) is 3.72. The van der Waals surface area contributed by atoms with Crippen molar-refractivity contribution in [2.24, 2.45) is 0 Å². The maximum absolute atomic E-state index is 4.51. The number of aromatic nitrogens is 2. The molecule has 1 aromatic heterocycles. The number of hydrogen-bond donors (Lipinski definition) is 2. The summed E-state index contributed by atoms with van der Waals surface area (Å²) in [5.41, 5.74) is 2.65. The number of fused-ring (bicyclic) bond motifs is 4. The zero-order valence-electron chi connectivity index (χ0n) is 7.22. The molecule has 3 rings (SSSR count). The number of rotatable bonds is 0. The molecule has 3 heterocycles. The molecular weight excluding hydrogens is 150 g/mol. The van der Waals surface area contributed by atoms with Crippen molar-refractivity contribution in [2.45, 2.75) is 38.3 Å². The molecule has 3 heteroatoms. The van der Waals surface area contributed by atoms with E-state index in [1.54, 1.807) is 0 Å². The van der Waals surface area contributed by atoms with Gasteiger partial charge in [0.15, 0.2) is 0 Å². The van der Waals surface area contributed by atoms with Crippen LogP contribution < -0.4 is 5.32 Å². The van der Waals surface area contributed by atoms with Gasteiger partial charge in [-0.25, -0.2) is 4.98 Å². The van der Waals surface area contributed by atoms with Crippen LogP contribution in [-0.2, 0) is 6.42 Å².